The van der Waals surface area contributed by atoms with E-state index in [0.29, 0.717) is 11.3 Å². The van der Waals surface area contributed by atoms with Gasteiger partial charge in [-0.2, -0.15) is 0 Å². The van der Waals surface area contributed by atoms with Crippen LogP contribution in [-0.4, -0.2) is 46.2 Å². The zero-order chi connectivity index (χ0) is 21.2. The Kier molecular flexibility index (Phi) is 5.76. The Morgan fingerprint density at radius 3 is 2.31 bits per heavy atom. The van der Waals surface area contributed by atoms with Gasteiger partial charge >= 0.3 is 0 Å². The van der Waals surface area contributed by atoms with E-state index in [4.69, 9.17) is 9.15 Å². The average Bonchev–Trinajstić information content (AvgIpc) is 3.18. The molecule has 0 bridgehead atoms. The molecular formula is C19H20N2O6S2. The van der Waals surface area contributed by atoms with Crippen LogP contribution in [0.3, 0.4) is 0 Å². The number of hydrogen-bond acceptors (Lipinski definition) is 8. The van der Waals surface area contributed by atoms with E-state index in [2.05, 4.69) is 10.2 Å². The number of sulfone groups is 2. The van der Waals surface area contributed by atoms with E-state index >= 15 is 0 Å². The van der Waals surface area contributed by atoms with Crippen molar-refractivity contribution in [3.8, 4) is 17.2 Å². The summed E-state index contributed by atoms with van der Waals surface area (Å²) in [5, 5.41) is 7.87. The highest BCUT2D eigenvalue weighted by molar-refractivity contribution is 7.91. The average molecular weight is 437 g/mol. The van der Waals surface area contributed by atoms with Crippen LogP contribution in [-0.2, 0) is 19.7 Å². The van der Waals surface area contributed by atoms with E-state index < -0.39 is 25.6 Å². The molecule has 0 aliphatic rings. The van der Waals surface area contributed by atoms with Crippen molar-refractivity contribution < 1.29 is 26.0 Å². The summed E-state index contributed by atoms with van der Waals surface area (Å²) in [5.41, 5.74) is 0.442. The first kappa shape index (κ1) is 21.0. The Hall–Kier alpha value is -2.72. The van der Waals surface area contributed by atoms with Gasteiger partial charge in [0, 0.05) is 17.7 Å². The van der Waals surface area contributed by atoms with Crippen LogP contribution in [0.2, 0.25) is 0 Å². The molecule has 0 radical (unpaired) electrons. The molecule has 10 heteroatoms. The molecule has 0 N–H and O–H groups in total. The van der Waals surface area contributed by atoms with Gasteiger partial charge in [-0.25, -0.2) is 16.8 Å². The van der Waals surface area contributed by atoms with Gasteiger partial charge in [0.2, 0.25) is 11.8 Å². The lowest BCUT2D eigenvalue weighted by molar-refractivity contribution is 0.414. The number of rotatable bonds is 7. The lowest BCUT2D eigenvalue weighted by Crippen LogP contribution is -2.13. The van der Waals surface area contributed by atoms with Gasteiger partial charge in [-0.3, -0.25) is 0 Å². The third kappa shape index (κ3) is 4.83. The van der Waals surface area contributed by atoms with E-state index in [-0.39, 0.29) is 27.3 Å². The zero-order valence-electron chi connectivity index (χ0n) is 16.1. The second kappa shape index (κ2) is 7.96. The van der Waals surface area contributed by atoms with Gasteiger partial charge in [0.1, 0.15) is 5.75 Å². The maximum absolute atomic E-state index is 12.6. The topological polar surface area (TPSA) is 116 Å². The Morgan fingerprint density at radius 2 is 1.69 bits per heavy atom. The van der Waals surface area contributed by atoms with E-state index in [1.807, 2.05) is 0 Å². The van der Waals surface area contributed by atoms with Crippen LogP contribution in [0.4, 0.5) is 0 Å². The molecule has 3 aromatic rings. The van der Waals surface area contributed by atoms with Gasteiger partial charge in [0.25, 0.3) is 0 Å². The monoisotopic (exact) mass is 436 g/mol. The van der Waals surface area contributed by atoms with Gasteiger partial charge in [0.05, 0.1) is 22.7 Å². The molecule has 0 fully saturated rings. The van der Waals surface area contributed by atoms with Crippen LogP contribution in [0.5, 0.6) is 5.75 Å². The molecule has 1 heterocycles. The Bertz CT molecular complexity index is 1220. The fraction of sp³-hybridized carbons (Fsp3) is 0.263. The lowest BCUT2D eigenvalue weighted by Gasteiger charge is -2.09. The van der Waals surface area contributed by atoms with Crippen LogP contribution in [0.25, 0.3) is 11.5 Å². The Morgan fingerprint density at radius 1 is 1.00 bits per heavy atom. The molecular weight excluding hydrogens is 416 g/mol. The summed E-state index contributed by atoms with van der Waals surface area (Å²) in [7, 11) is -5.45. The molecule has 1 unspecified atom stereocenters. The molecule has 0 saturated heterocycles. The molecule has 0 saturated carbocycles. The van der Waals surface area contributed by atoms with Crippen LogP contribution in [0.1, 0.15) is 18.7 Å². The second-order valence-corrected chi connectivity index (χ2v) is 10.7. The largest absolute Gasteiger partial charge is 0.497 e. The summed E-state index contributed by atoms with van der Waals surface area (Å²) in [5.74, 6) is 0.0713. The smallest absolute Gasteiger partial charge is 0.247 e. The van der Waals surface area contributed by atoms with Gasteiger partial charge in [-0.05, 0) is 42.5 Å². The van der Waals surface area contributed by atoms with Crippen molar-refractivity contribution in [2.24, 2.45) is 0 Å². The van der Waals surface area contributed by atoms with Gasteiger partial charge in [-0.1, -0.05) is 13.0 Å². The molecule has 0 spiro atoms. The third-order valence-corrected chi connectivity index (χ3v) is 7.30. The standard InChI is InChI=1S/C19H20N2O6S2/c1-13(12-29(24,25)16-9-7-15(26-2)8-10-16)18-20-21-19(27-18)14-5-4-6-17(11-14)28(3,22)23/h4-11,13H,12H2,1-3H3. The summed E-state index contributed by atoms with van der Waals surface area (Å²) < 4.78 is 59.4. The summed E-state index contributed by atoms with van der Waals surface area (Å²) in [4.78, 5) is 0.302. The maximum Gasteiger partial charge on any atom is 0.247 e. The predicted octanol–water partition coefficient (Wildman–Crippen LogP) is 2.73. The molecule has 1 aromatic heterocycles. The van der Waals surface area contributed by atoms with Crippen molar-refractivity contribution in [2.45, 2.75) is 22.6 Å². The highest BCUT2D eigenvalue weighted by Gasteiger charge is 2.24. The first-order valence-electron chi connectivity index (χ1n) is 8.61. The number of methoxy groups -OCH3 is 1. The molecule has 3 rings (SSSR count). The number of aromatic nitrogens is 2. The highest BCUT2D eigenvalue weighted by Crippen LogP contribution is 2.26. The number of nitrogens with zero attached hydrogens (tertiary/aromatic N) is 2. The van der Waals surface area contributed by atoms with Crippen molar-refractivity contribution in [1.29, 1.82) is 0 Å². The maximum atomic E-state index is 12.6. The molecule has 29 heavy (non-hydrogen) atoms. The summed E-state index contributed by atoms with van der Waals surface area (Å²) >= 11 is 0. The molecule has 8 nitrogen and oxygen atoms in total. The fourth-order valence-corrected chi connectivity index (χ4v) is 4.90. The summed E-state index contributed by atoms with van der Waals surface area (Å²) in [6, 6.07) is 12.3. The van der Waals surface area contributed by atoms with Crippen LogP contribution >= 0.6 is 0 Å². The predicted molar refractivity (Wildman–Crippen MR) is 106 cm³/mol. The van der Waals surface area contributed by atoms with E-state index in [1.165, 1.54) is 31.4 Å². The van der Waals surface area contributed by atoms with Gasteiger partial charge in [-0.15, -0.1) is 10.2 Å². The second-order valence-electron chi connectivity index (χ2n) is 6.60. The Labute approximate surface area is 169 Å². The number of ether oxygens (including phenoxy) is 1. The van der Waals surface area contributed by atoms with Crippen molar-refractivity contribution in [3.05, 3.63) is 54.4 Å². The van der Waals surface area contributed by atoms with Gasteiger partial charge in [0.15, 0.2) is 19.7 Å². The van der Waals surface area contributed by atoms with E-state index in [1.54, 1.807) is 31.2 Å². The SMILES string of the molecule is COc1ccc(S(=O)(=O)CC(C)c2nnc(-c3cccc(S(C)(=O)=O)c3)o2)cc1. The van der Waals surface area contributed by atoms with Crippen molar-refractivity contribution >= 4 is 19.7 Å². The van der Waals surface area contributed by atoms with Crippen LogP contribution < -0.4 is 4.74 Å². The highest BCUT2D eigenvalue weighted by atomic mass is 32.2. The van der Waals surface area contributed by atoms with Gasteiger partial charge < -0.3 is 9.15 Å². The zero-order valence-corrected chi connectivity index (χ0v) is 17.7. The lowest BCUT2D eigenvalue weighted by atomic mass is 10.2. The normalized spacial score (nSPS) is 13.2. The fourth-order valence-electron chi connectivity index (χ4n) is 2.69. The molecule has 0 aliphatic heterocycles. The summed E-state index contributed by atoms with van der Waals surface area (Å²) in [6.45, 7) is 1.67. The minimum Gasteiger partial charge on any atom is -0.497 e. The summed E-state index contributed by atoms with van der Waals surface area (Å²) in [6.07, 6.45) is 1.11. The van der Waals surface area contributed by atoms with Crippen LogP contribution in [0, 0.1) is 0 Å². The first-order valence-corrected chi connectivity index (χ1v) is 12.2. The first-order chi connectivity index (χ1) is 13.6. The van der Waals surface area contributed by atoms with Crippen molar-refractivity contribution in [1.82, 2.24) is 10.2 Å². The molecule has 154 valence electrons. The molecule has 0 aliphatic carbocycles. The minimum atomic E-state index is -3.58. The molecule has 1 atom stereocenters. The van der Waals surface area contributed by atoms with E-state index in [9.17, 15) is 16.8 Å². The van der Waals surface area contributed by atoms with Crippen molar-refractivity contribution in [3.63, 3.8) is 0 Å². The Balaban J connectivity index is 1.81. The number of benzene rings is 2. The van der Waals surface area contributed by atoms with E-state index in [0.717, 1.165) is 6.26 Å². The third-order valence-electron chi connectivity index (χ3n) is 4.26. The van der Waals surface area contributed by atoms with Crippen LogP contribution in [0.15, 0.2) is 62.7 Å². The molecule has 0 amide bonds. The minimum absolute atomic E-state index is 0.124. The number of hydrogen-bond donors (Lipinski definition) is 0. The quantitative estimate of drug-likeness (QED) is 0.555. The van der Waals surface area contributed by atoms with Crippen molar-refractivity contribution in [2.75, 3.05) is 19.1 Å². The molecule has 2 aromatic carbocycles.